The summed E-state index contributed by atoms with van der Waals surface area (Å²) >= 11 is 0. The molecule has 0 spiro atoms. The van der Waals surface area contributed by atoms with Gasteiger partial charge in [-0.05, 0) is 54.1 Å². The summed E-state index contributed by atoms with van der Waals surface area (Å²) < 4.78 is 5.67. The lowest BCUT2D eigenvalue weighted by Crippen LogP contribution is -1.85. The van der Waals surface area contributed by atoms with Gasteiger partial charge in [-0.25, -0.2) is 0 Å². The molecule has 0 amide bonds. The van der Waals surface area contributed by atoms with E-state index in [1.165, 1.54) is 0 Å². The van der Waals surface area contributed by atoms with E-state index in [4.69, 9.17) is 4.52 Å². The summed E-state index contributed by atoms with van der Waals surface area (Å²) in [6.07, 6.45) is 0. The first-order chi connectivity index (χ1) is 12.2. The second-order valence-electron chi connectivity index (χ2n) is 5.70. The van der Waals surface area contributed by atoms with Crippen molar-refractivity contribution >= 4 is 0 Å². The molecule has 25 heavy (non-hydrogen) atoms. The first-order valence-electron chi connectivity index (χ1n) is 7.86. The molecule has 0 unspecified atom stereocenters. The van der Waals surface area contributed by atoms with Gasteiger partial charge in [0.1, 0.15) is 17.2 Å². The highest BCUT2D eigenvalue weighted by Crippen LogP contribution is 2.40. The van der Waals surface area contributed by atoms with Gasteiger partial charge in [0.25, 0.3) is 0 Å². The number of phenolic OH excluding ortho intramolecular Hbond substituents is 2. The van der Waals surface area contributed by atoms with Gasteiger partial charge in [-0.15, -0.1) is 0 Å². The maximum absolute atomic E-state index is 9.53. The Balaban J connectivity index is 1.94. The molecule has 0 aliphatic heterocycles. The molecular weight excluding hydrogens is 314 g/mol. The summed E-state index contributed by atoms with van der Waals surface area (Å²) in [5.74, 6) is 1.03. The average molecular weight is 329 g/mol. The molecule has 4 heteroatoms. The van der Waals surface area contributed by atoms with Crippen LogP contribution in [0, 0.1) is 0 Å². The monoisotopic (exact) mass is 329 g/mol. The zero-order valence-electron chi connectivity index (χ0n) is 13.3. The standard InChI is InChI=1S/C21H15NO3/c23-17-10-6-15(7-11-17)20-19(14-4-2-1-3-5-14)21(25-22-20)16-8-12-18(24)13-9-16/h1-13,23-24H. The van der Waals surface area contributed by atoms with Crippen molar-refractivity contribution < 1.29 is 14.7 Å². The fourth-order valence-corrected chi connectivity index (χ4v) is 2.79. The summed E-state index contributed by atoms with van der Waals surface area (Å²) in [6.45, 7) is 0. The van der Waals surface area contributed by atoms with Gasteiger partial charge >= 0.3 is 0 Å². The smallest absolute Gasteiger partial charge is 0.175 e. The summed E-state index contributed by atoms with van der Waals surface area (Å²) in [5.41, 5.74) is 4.24. The third-order valence-electron chi connectivity index (χ3n) is 4.02. The van der Waals surface area contributed by atoms with Gasteiger partial charge in [0.05, 0.1) is 5.56 Å². The van der Waals surface area contributed by atoms with Gasteiger partial charge in [-0.1, -0.05) is 35.5 Å². The van der Waals surface area contributed by atoms with Crippen LogP contribution in [-0.4, -0.2) is 15.4 Å². The molecule has 4 aromatic rings. The van der Waals surface area contributed by atoms with Crippen molar-refractivity contribution in [3.8, 4) is 45.2 Å². The topological polar surface area (TPSA) is 66.5 Å². The second-order valence-corrected chi connectivity index (χ2v) is 5.70. The van der Waals surface area contributed by atoms with Crippen LogP contribution in [0.2, 0.25) is 0 Å². The number of benzene rings is 3. The normalized spacial score (nSPS) is 10.7. The van der Waals surface area contributed by atoms with Crippen LogP contribution in [0.25, 0.3) is 33.7 Å². The molecule has 0 radical (unpaired) electrons. The van der Waals surface area contributed by atoms with Gasteiger partial charge in [0, 0.05) is 11.1 Å². The zero-order valence-corrected chi connectivity index (χ0v) is 13.3. The minimum atomic E-state index is 0.197. The Bertz CT molecular complexity index is 925. The fourth-order valence-electron chi connectivity index (χ4n) is 2.79. The Labute approximate surface area is 144 Å². The van der Waals surface area contributed by atoms with Crippen LogP contribution in [0.1, 0.15) is 0 Å². The van der Waals surface area contributed by atoms with Crippen LogP contribution in [-0.2, 0) is 0 Å². The van der Waals surface area contributed by atoms with Gasteiger partial charge in [0.15, 0.2) is 5.76 Å². The van der Waals surface area contributed by atoms with E-state index in [2.05, 4.69) is 5.16 Å². The molecule has 0 saturated carbocycles. The Morgan fingerprint density at radius 1 is 0.600 bits per heavy atom. The average Bonchev–Trinajstić information content (AvgIpc) is 3.09. The summed E-state index contributed by atoms with van der Waals surface area (Å²) in [6, 6.07) is 23.6. The van der Waals surface area contributed by atoms with E-state index in [1.54, 1.807) is 48.5 Å². The SMILES string of the molecule is Oc1ccc(-c2noc(-c3ccc(O)cc3)c2-c2ccccc2)cc1. The van der Waals surface area contributed by atoms with Crippen LogP contribution in [0.5, 0.6) is 11.5 Å². The maximum atomic E-state index is 9.53. The molecule has 0 saturated heterocycles. The van der Waals surface area contributed by atoms with Crippen LogP contribution < -0.4 is 0 Å². The number of aromatic nitrogens is 1. The third-order valence-corrected chi connectivity index (χ3v) is 4.02. The quantitative estimate of drug-likeness (QED) is 0.549. The van der Waals surface area contributed by atoms with Crippen molar-refractivity contribution in [2.45, 2.75) is 0 Å². The number of hydrogen-bond donors (Lipinski definition) is 2. The summed E-state index contributed by atoms with van der Waals surface area (Å²) in [5, 5.41) is 23.3. The molecule has 3 aromatic carbocycles. The zero-order chi connectivity index (χ0) is 17.2. The lowest BCUT2D eigenvalue weighted by Gasteiger charge is -2.05. The number of nitrogens with zero attached hydrogens (tertiary/aromatic N) is 1. The maximum Gasteiger partial charge on any atom is 0.175 e. The number of phenols is 2. The lowest BCUT2D eigenvalue weighted by molar-refractivity contribution is 0.435. The highest BCUT2D eigenvalue weighted by atomic mass is 16.5. The van der Waals surface area contributed by atoms with E-state index in [9.17, 15) is 10.2 Å². The minimum absolute atomic E-state index is 0.197. The van der Waals surface area contributed by atoms with Gasteiger partial charge < -0.3 is 14.7 Å². The molecule has 4 rings (SSSR count). The molecule has 0 fully saturated rings. The van der Waals surface area contributed by atoms with E-state index in [0.717, 1.165) is 22.3 Å². The second kappa shape index (κ2) is 6.17. The molecule has 0 atom stereocenters. The molecule has 2 N–H and O–H groups in total. The number of aromatic hydroxyl groups is 2. The molecule has 4 nitrogen and oxygen atoms in total. The highest BCUT2D eigenvalue weighted by molar-refractivity contribution is 5.90. The number of hydrogen-bond acceptors (Lipinski definition) is 4. The lowest BCUT2D eigenvalue weighted by atomic mass is 9.96. The van der Waals surface area contributed by atoms with Crippen LogP contribution in [0.3, 0.4) is 0 Å². The third kappa shape index (κ3) is 2.85. The molecule has 1 aromatic heterocycles. The van der Waals surface area contributed by atoms with Crippen molar-refractivity contribution in [2.75, 3.05) is 0 Å². The van der Waals surface area contributed by atoms with Crippen molar-refractivity contribution in [3.05, 3.63) is 78.9 Å². The Kier molecular flexibility index (Phi) is 3.71. The van der Waals surface area contributed by atoms with Crippen molar-refractivity contribution in [1.82, 2.24) is 5.16 Å². The Hall–Kier alpha value is -3.53. The molecule has 0 aliphatic rings. The molecule has 122 valence electrons. The summed E-state index contributed by atoms with van der Waals surface area (Å²) in [4.78, 5) is 0. The largest absolute Gasteiger partial charge is 0.508 e. The van der Waals surface area contributed by atoms with Crippen LogP contribution in [0.4, 0.5) is 0 Å². The fraction of sp³-hybridized carbons (Fsp3) is 0. The predicted molar refractivity (Wildman–Crippen MR) is 96.1 cm³/mol. The first-order valence-corrected chi connectivity index (χ1v) is 7.86. The van der Waals surface area contributed by atoms with E-state index < -0.39 is 0 Å². The Morgan fingerprint density at radius 2 is 1.16 bits per heavy atom. The van der Waals surface area contributed by atoms with E-state index in [-0.39, 0.29) is 11.5 Å². The molecule has 0 aliphatic carbocycles. The van der Waals surface area contributed by atoms with Gasteiger partial charge in [0.2, 0.25) is 0 Å². The number of rotatable bonds is 3. The van der Waals surface area contributed by atoms with Crippen molar-refractivity contribution in [3.63, 3.8) is 0 Å². The predicted octanol–water partition coefficient (Wildman–Crippen LogP) is 5.09. The molecular formula is C21H15NO3. The summed E-state index contributed by atoms with van der Waals surface area (Å²) in [7, 11) is 0. The minimum Gasteiger partial charge on any atom is -0.508 e. The highest BCUT2D eigenvalue weighted by Gasteiger charge is 2.20. The van der Waals surface area contributed by atoms with Gasteiger partial charge in [-0.2, -0.15) is 0 Å². The molecule has 1 heterocycles. The van der Waals surface area contributed by atoms with Crippen molar-refractivity contribution in [2.24, 2.45) is 0 Å². The van der Waals surface area contributed by atoms with Gasteiger partial charge in [-0.3, -0.25) is 0 Å². The van der Waals surface area contributed by atoms with E-state index in [0.29, 0.717) is 11.5 Å². The van der Waals surface area contributed by atoms with E-state index in [1.807, 2.05) is 30.3 Å². The van der Waals surface area contributed by atoms with Crippen LogP contribution >= 0.6 is 0 Å². The van der Waals surface area contributed by atoms with E-state index >= 15 is 0 Å². The van der Waals surface area contributed by atoms with Crippen LogP contribution in [0.15, 0.2) is 83.4 Å². The molecule has 0 bridgehead atoms. The van der Waals surface area contributed by atoms with Crippen molar-refractivity contribution in [1.29, 1.82) is 0 Å². The Morgan fingerprint density at radius 3 is 1.76 bits per heavy atom. The first kappa shape index (κ1) is 15.0.